The van der Waals surface area contributed by atoms with Gasteiger partial charge in [-0.05, 0) is 50.1 Å². The Morgan fingerprint density at radius 3 is 2.93 bits per heavy atom. The highest BCUT2D eigenvalue weighted by molar-refractivity contribution is 7.18. The maximum atomic E-state index is 12.8. The molecule has 6 nitrogen and oxygen atoms in total. The minimum absolute atomic E-state index is 0.0360. The molecule has 158 valence electrons. The van der Waals surface area contributed by atoms with Gasteiger partial charge in [0, 0.05) is 11.4 Å². The highest BCUT2D eigenvalue weighted by Crippen LogP contribution is 2.33. The Morgan fingerprint density at radius 1 is 1.38 bits per heavy atom. The lowest BCUT2D eigenvalue weighted by molar-refractivity contribution is 0.0247. The van der Waals surface area contributed by atoms with E-state index < -0.39 is 6.10 Å². The van der Waals surface area contributed by atoms with Crippen LogP contribution in [0.1, 0.15) is 49.4 Å². The molecule has 2 aromatic rings. The van der Waals surface area contributed by atoms with Crippen LogP contribution < -0.4 is 5.56 Å². The summed E-state index contributed by atoms with van der Waals surface area (Å²) in [6.07, 6.45) is 9.90. The molecule has 0 saturated heterocycles. The number of aromatic amines is 1. The minimum Gasteiger partial charge on any atom is -0.389 e. The molecule has 0 aliphatic heterocycles. The normalized spacial score (nSPS) is 15.0. The summed E-state index contributed by atoms with van der Waals surface area (Å²) in [4.78, 5) is 24.8. The van der Waals surface area contributed by atoms with Crippen molar-refractivity contribution in [3.63, 3.8) is 0 Å². The number of aliphatic hydroxyl groups is 1. The van der Waals surface area contributed by atoms with Crippen molar-refractivity contribution in [3.8, 4) is 12.3 Å². The van der Waals surface area contributed by atoms with Gasteiger partial charge in [0.05, 0.1) is 24.6 Å². The van der Waals surface area contributed by atoms with Gasteiger partial charge in [-0.2, -0.15) is 0 Å². The molecular formula is C22H31N3O3S. The maximum absolute atomic E-state index is 12.8. The van der Waals surface area contributed by atoms with Crippen LogP contribution in [0.15, 0.2) is 4.79 Å². The van der Waals surface area contributed by atoms with E-state index in [-0.39, 0.29) is 18.8 Å². The van der Waals surface area contributed by atoms with E-state index in [1.54, 1.807) is 11.3 Å². The van der Waals surface area contributed by atoms with E-state index in [1.807, 2.05) is 0 Å². The first-order valence-corrected chi connectivity index (χ1v) is 11.2. The molecule has 0 radical (unpaired) electrons. The van der Waals surface area contributed by atoms with Crippen LogP contribution in [0, 0.1) is 18.3 Å². The maximum Gasteiger partial charge on any atom is 0.259 e. The first-order valence-electron chi connectivity index (χ1n) is 10.4. The smallest absolute Gasteiger partial charge is 0.259 e. The summed E-state index contributed by atoms with van der Waals surface area (Å²) in [7, 11) is 0. The standard InChI is InChI=1S/C22H31N3O3S/c1-4-11-28-14-16(26)12-25(10-9-15(2)3)13-19-23-21(27)20-17-7-5-6-8-18(17)29-22(20)24-19/h1,15-16,26H,5-14H2,2-3H3,(H,23,24,27)/t16-/m0/s1. The van der Waals surface area contributed by atoms with Crippen LogP contribution in [0.2, 0.25) is 0 Å². The molecule has 0 aromatic carbocycles. The molecule has 0 unspecified atom stereocenters. The van der Waals surface area contributed by atoms with Crippen molar-refractivity contribution >= 4 is 21.6 Å². The highest BCUT2D eigenvalue weighted by Gasteiger charge is 2.21. The van der Waals surface area contributed by atoms with Gasteiger partial charge in [-0.1, -0.05) is 19.8 Å². The van der Waals surface area contributed by atoms with E-state index in [0.29, 0.717) is 24.8 Å². The van der Waals surface area contributed by atoms with Gasteiger partial charge in [-0.25, -0.2) is 4.98 Å². The average Bonchev–Trinajstić information content (AvgIpc) is 3.05. The third-order valence-electron chi connectivity index (χ3n) is 5.23. The summed E-state index contributed by atoms with van der Waals surface area (Å²) in [5.74, 6) is 3.61. The SMILES string of the molecule is C#CCOC[C@@H](O)CN(CCC(C)C)Cc1nc2sc3c(c2c(=O)[nH]1)CCCC3. The van der Waals surface area contributed by atoms with E-state index >= 15 is 0 Å². The van der Waals surface area contributed by atoms with E-state index in [0.717, 1.165) is 42.4 Å². The summed E-state index contributed by atoms with van der Waals surface area (Å²) in [5, 5.41) is 11.1. The predicted molar refractivity (Wildman–Crippen MR) is 117 cm³/mol. The number of hydrogen-bond acceptors (Lipinski definition) is 6. The van der Waals surface area contributed by atoms with E-state index in [2.05, 4.69) is 29.7 Å². The number of hydrogen-bond donors (Lipinski definition) is 2. The van der Waals surface area contributed by atoms with Gasteiger partial charge >= 0.3 is 0 Å². The molecular weight excluding hydrogens is 386 g/mol. The average molecular weight is 418 g/mol. The lowest BCUT2D eigenvalue weighted by atomic mass is 9.97. The Bertz CT molecular complexity index is 912. The third-order valence-corrected chi connectivity index (χ3v) is 6.42. The summed E-state index contributed by atoms with van der Waals surface area (Å²) in [6.45, 7) is 6.49. The van der Waals surface area contributed by atoms with Crippen LogP contribution in [0.25, 0.3) is 10.2 Å². The molecule has 0 bridgehead atoms. The number of ether oxygens (including phenoxy) is 1. The molecule has 0 spiro atoms. The zero-order valence-corrected chi connectivity index (χ0v) is 18.2. The molecule has 2 aromatic heterocycles. The van der Waals surface area contributed by atoms with Crippen LogP contribution in [-0.2, 0) is 24.1 Å². The number of aryl methyl sites for hydroxylation is 2. The van der Waals surface area contributed by atoms with Crippen LogP contribution in [0.5, 0.6) is 0 Å². The number of rotatable bonds is 10. The summed E-state index contributed by atoms with van der Waals surface area (Å²) < 4.78 is 5.26. The first-order chi connectivity index (χ1) is 14.0. The fraction of sp³-hybridized carbons (Fsp3) is 0.636. The number of H-pyrrole nitrogens is 1. The van der Waals surface area contributed by atoms with Crippen LogP contribution in [0.4, 0.5) is 0 Å². The quantitative estimate of drug-likeness (QED) is 0.459. The second-order valence-corrected chi connectivity index (χ2v) is 9.28. The number of thiophene rings is 1. The van der Waals surface area contributed by atoms with Gasteiger partial charge in [-0.15, -0.1) is 17.8 Å². The lowest BCUT2D eigenvalue weighted by Crippen LogP contribution is -2.36. The Balaban J connectivity index is 1.76. The van der Waals surface area contributed by atoms with Crippen molar-refractivity contribution < 1.29 is 9.84 Å². The van der Waals surface area contributed by atoms with Gasteiger partial charge < -0.3 is 14.8 Å². The molecule has 2 N–H and O–H groups in total. The van der Waals surface area contributed by atoms with Crippen molar-refractivity contribution in [2.75, 3.05) is 26.3 Å². The van der Waals surface area contributed by atoms with Gasteiger partial charge in [0.25, 0.3) is 5.56 Å². The zero-order valence-electron chi connectivity index (χ0n) is 17.4. The molecule has 0 amide bonds. The summed E-state index contributed by atoms with van der Waals surface area (Å²) in [6, 6.07) is 0. The molecule has 7 heteroatoms. The predicted octanol–water partition coefficient (Wildman–Crippen LogP) is 2.72. The molecule has 3 rings (SSSR count). The molecule has 1 aliphatic rings. The molecule has 1 aliphatic carbocycles. The van der Waals surface area contributed by atoms with Gasteiger partial charge in [0.2, 0.25) is 0 Å². The van der Waals surface area contributed by atoms with E-state index in [9.17, 15) is 9.90 Å². The Kier molecular flexibility index (Phi) is 7.84. The zero-order chi connectivity index (χ0) is 20.8. The number of aliphatic hydroxyl groups excluding tert-OH is 1. The largest absolute Gasteiger partial charge is 0.389 e. The van der Waals surface area contributed by atoms with Gasteiger partial charge in [0.1, 0.15) is 17.3 Å². The van der Waals surface area contributed by atoms with Gasteiger partial charge in [0.15, 0.2) is 0 Å². The van der Waals surface area contributed by atoms with Crippen LogP contribution >= 0.6 is 11.3 Å². The van der Waals surface area contributed by atoms with Crippen molar-refractivity contribution in [1.29, 1.82) is 0 Å². The number of fused-ring (bicyclic) bond motifs is 3. The monoisotopic (exact) mass is 417 g/mol. The summed E-state index contributed by atoms with van der Waals surface area (Å²) >= 11 is 1.66. The number of nitrogens with one attached hydrogen (secondary N) is 1. The van der Waals surface area contributed by atoms with Crippen LogP contribution in [-0.4, -0.2) is 52.4 Å². The topological polar surface area (TPSA) is 78.5 Å². The lowest BCUT2D eigenvalue weighted by Gasteiger charge is -2.25. The van der Waals surface area contributed by atoms with Gasteiger partial charge in [-0.3, -0.25) is 9.69 Å². The Hall–Kier alpha value is -1.72. The Labute approximate surface area is 176 Å². The second-order valence-electron chi connectivity index (χ2n) is 8.19. The fourth-order valence-electron chi connectivity index (χ4n) is 3.78. The number of terminal acetylenes is 1. The third kappa shape index (κ3) is 5.89. The Morgan fingerprint density at radius 2 is 2.17 bits per heavy atom. The van der Waals surface area contributed by atoms with Crippen LogP contribution in [0.3, 0.4) is 0 Å². The number of nitrogens with zero attached hydrogens (tertiary/aromatic N) is 2. The fourth-order valence-corrected chi connectivity index (χ4v) is 5.06. The second kappa shape index (κ2) is 10.4. The molecule has 0 saturated carbocycles. The van der Waals surface area contributed by atoms with Crippen molar-refractivity contribution in [2.45, 2.75) is 58.6 Å². The van der Waals surface area contributed by atoms with Crippen molar-refractivity contribution in [3.05, 3.63) is 26.6 Å². The summed E-state index contributed by atoms with van der Waals surface area (Å²) in [5.41, 5.74) is 1.17. The van der Waals surface area contributed by atoms with Crippen molar-refractivity contribution in [1.82, 2.24) is 14.9 Å². The molecule has 1 atom stereocenters. The van der Waals surface area contributed by atoms with Crippen molar-refractivity contribution in [2.24, 2.45) is 5.92 Å². The first kappa shape index (κ1) is 22.0. The molecule has 2 heterocycles. The van der Waals surface area contributed by atoms with E-state index in [1.165, 1.54) is 16.9 Å². The van der Waals surface area contributed by atoms with E-state index in [4.69, 9.17) is 16.1 Å². The minimum atomic E-state index is -0.639. The highest BCUT2D eigenvalue weighted by atomic mass is 32.1. The molecule has 0 fully saturated rings. The number of aromatic nitrogens is 2. The molecule has 29 heavy (non-hydrogen) atoms.